The number of aromatic nitrogens is 2. The normalized spacial score (nSPS) is 18.7. The van der Waals surface area contributed by atoms with Crippen LogP contribution in [0.25, 0.3) is 0 Å². The van der Waals surface area contributed by atoms with Gasteiger partial charge in [-0.3, -0.25) is 16.0 Å². The van der Waals surface area contributed by atoms with Crippen molar-refractivity contribution in [1.82, 2.24) is 15.2 Å². The Bertz CT molecular complexity index is 386. The maximum Gasteiger partial charge on any atom is 0.161 e. The lowest BCUT2D eigenvalue weighted by Gasteiger charge is -2.24. The summed E-state index contributed by atoms with van der Waals surface area (Å²) in [6.07, 6.45) is 5.45. The molecule has 0 spiro atoms. The van der Waals surface area contributed by atoms with E-state index in [-0.39, 0.29) is 6.04 Å². The molecular formula is C13H24N4O. The third kappa shape index (κ3) is 2.52. The molecule has 0 bridgehead atoms. The zero-order valence-corrected chi connectivity index (χ0v) is 11.5. The van der Waals surface area contributed by atoms with Crippen LogP contribution in [0.3, 0.4) is 0 Å². The number of hydrogen-bond acceptors (Lipinski definition) is 4. The smallest absolute Gasteiger partial charge is 0.161 e. The van der Waals surface area contributed by atoms with E-state index in [2.05, 4.69) is 24.4 Å². The minimum absolute atomic E-state index is 0.112. The number of ether oxygens (including phenoxy) is 1. The van der Waals surface area contributed by atoms with Crippen LogP contribution < -0.4 is 16.0 Å². The lowest BCUT2D eigenvalue weighted by molar-refractivity contribution is 0.316. The molecule has 0 aliphatic heterocycles. The molecule has 3 N–H and O–H groups in total. The largest absolute Gasteiger partial charge is 0.493 e. The van der Waals surface area contributed by atoms with Gasteiger partial charge >= 0.3 is 0 Å². The van der Waals surface area contributed by atoms with E-state index in [4.69, 9.17) is 10.6 Å². The first-order valence-electron chi connectivity index (χ1n) is 6.78. The number of rotatable bonds is 7. The molecule has 2 unspecified atom stereocenters. The number of aryl methyl sites for hydroxylation is 1. The predicted molar refractivity (Wildman–Crippen MR) is 71.0 cm³/mol. The highest BCUT2D eigenvalue weighted by Crippen LogP contribution is 2.43. The lowest BCUT2D eigenvalue weighted by Crippen LogP contribution is -2.35. The van der Waals surface area contributed by atoms with Gasteiger partial charge in [0.2, 0.25) is 0 Å². The first-order chi connectivity index (χ1) is 8.72. The Morgan fingerprint density at radius 1 is 1.61 bits per heavy atom. The summed E-state index contributed by atoms with van der Waals surface area (Å²) < 4.78 is 7.44. The summed E-state index contributed by atoms with van der Waals surface area (Å²) in [6, 6.07) is 0.112. The molecule has 0 radical (unpaired) electrons. The van der Waals surface area contributed by atoms with Crippen LogP contribution in [0.15, 0.2) is 6.20 Å². The van der Waals surface area contributed by atoms with Gasteiger partial charge in [0, 0.05) is 6.54 Å². The van der Waals surface area contributed by atoms with Crippen molar-refractivity contribution in [3.8, 4) is 5.75 Å². The van der Waals surface area contributed by atoms with Gasteiger partial charge < -0.3 is 4.74 Å². The van der Waals surface area contributed by atoms with Crippen LogP contribution in [0.2, 0.25) is 0 Å². The standard InChI is InChI=1S/C13H24N4O/c1-4-7-17-13(11(18-3)8-15-17)12(16-14)9(2)10-5-6-10/h8-10,12,16H,4-7,14H2,1-3H3. The Kier molecular flexibility index (Phi) is 4.24. The number of nitrogens with two attached hydrogens (primary N) is 1. The summed E-state index contributed by atoms with van der Waals surface area (Å²) in [4.78, 5) is 0. The van der Waals surface area contributed by atoms with E-state index in [1.54, 1.807) is 13.3 Å². The molecule has 1 aromatic heterocycles. The molecule has 1 heterocycles. The number of nitrogens with one attached hydrogen (secondary N) is 1. The van der Waals surface area contributed by atoms with Crippen LogP contribution in [0.5, 0.6) is 5.75 Å². The van der Waals surface area contributed by atoms with Crippen LogP contribution in [-0.4, -0.2) is 16.9 Å². The molecule has 1 aliphatic rings. The molecule has 1 saturated carbocycles. The Balaban J connectivity index is 2.29. The molecule has 1 aromatic rings. The molecule has 102 valence electrons. The van der Waals surface area contributed by atoms with E-state index in [0.29, 0.717) is 5.92 Å². The fraction of sp³-hybridized carbons (Fsp3) is 0.769. The van der Waals surface area contributed by atoms with Gasteiger partial charge in [-0.1, -0.05) is 13.8 Å². The van der Waals surface area contributed by atoms with Gasteiger partial charge in [0.05, 0.1) is 25.0 Å². The lowest BCUT2D eigenvalue weighted by atomic mass is 9.94. The highest BCUT2D eigenvalue weighted by atomic mass is 16.5. The topological polar surface area (TPSA) is 65.1 Å². The third-order valence-electron chi connectivity index (χ3n) is 3.87. The van der Waals surface area contributed by atoms with Gasteiger partial charge in [0.25, 0.3) is 0 Å². The molecule has 2 rings (SSSR count). The predicted octanol–water partition coefficient (Wildman–Crippen LogP) is 1.85. The van der Waals surface area contributed by atoms with Crippen LogP contribution in [0.1, 0.15) is 44.8 Å². The first kappa shape index (κ1) is 13.4. The molecule has 1 fully saturated rings. The summed E-state index contributed by atoms with van der Waals surface area (Å²) in [5, 5.41) is 4.40. The minimum Gasteiger partial charge on any atom is -0.493 e. The van der Waals surface area contributed by atoms with Crippen molar-refractivity contribution in [3.63, 3.8) is 0 Å². The summed E-state index contributed by atoms with van der Waals surface area (Å²) in [5.74, 6) is 7.89. The quantitative estimate of drug-likeness (QED) is 0.574. The van der Waals surface area contributed by atoms with Gasteiger partial charge in [-0.2, -0.15) is 5.10 Å². The van der Waals surface area contributed by atoms with E-state index in [0.717, 1.165) is 30.3 Å². The van der Waals surface area contributed by atoms with Crippen LogP contribution in [0.4, 0.5) is 0 Å². The molecule has 1 aliphatic carbocycles. The van der Waals surface area contributed by atoms with Gasteiger partial charge in [-0.05, 0) is 31.1 Å². The molecule has 0 aromatic carbocycles. The zero-order valence-electron chi connectivity index (χ0n) is 11.5. The van der Waals surface area contributed by atoms with Gasteiger partial charge in [-0.15, -0.1) is 0 Å². The summed E-state index contributed by atoms with van der Waals surface area (Å²) in [7, 11) is 1.69. The average Bonchev–Trinajstić information content (AvgIpc) is 3.15. The fourth-order valence-corrected chi connectivity index (χ4v) is 2.61. The second-order valence-corrected chi connectivity index (χ2v) is 5.16. The minimum atomic E-state index is 0.112. The molecule has 5 heteroatoms. The molecule has 0 saturated heterocycles. The number of methoxy groups -OCH3 is 1. The van der Waals surface area contributed by atoms with Crippen molar-refractivity contribution >= 4 is 0 Å². The fourth-order valence-electron chi connectivity index (χ4n) is 2.61. The van der Waals surface area contributed by atoms with Crippen LogP contribution in [0, 0.1) is 11.8 Å². The van der Waals surface area contributed by atoms with E-state index < -0.39 is 0 Å². The van der Waals surface area contributed by atoms with Crippen LogP contribution >= 0.6 is 0 Å². The Hall–Kier alpha value is -1.07. The van der Waals surface area contributed by atoms with Crippen molar-refractivity contribution in [2.24, 2.45) is 17.7 Å². The molecule has 5 nitrogen and oxygen atoms in total. The Morgan fingerprint density at radius 2 is 2.33 bits per heavy atom. The Labute approximate surface area is 109 Å². The maximum absolute atomic E-state index is 5.77. The zero-order chi connectivity index (χ0) is 13.1. The van der Waals surface area contributed by atoms with Crippen molar-refractivity contribution in [2.75, 3.05) is 7.11 Å². The molecule has 0 amide bonds. The van der Waals surface area contributed by atoms with Crippen molar-refractivity contribution in [2.45, 2.75) is 45.7 Å². The third-order valence-corrected chi connectivity index (χ3v) is 3.87. The number of hydrogen-bond donors (Lipinski definition) is 2. The van der Waals surface area contributed by atoms with Crippen molar-refractivity contribution in [1.29, 1.82) is 0 Å². The van der Waals surface area contributed by atoms with Gasteiger partial charge in [0.15, 0.2) is 5.75 Å². The monoisotopic (exact) mass is 252 g/mol. The SMILES string of the molecule is CCCn1ncc(OC)c1C(NN)C(C)C1CC1. The van der Waals surface area contributed by atoms with Crippen molar-refractivity contribution < 1.29 is 4.74 Å². The Morgan fingerprint density at radius 3 is 2.83 bits per heavy atom. The van der Waals surface area contributed by atoms with E-state index in [1.807, 2.05) is 4.68 Å². The van der Waals surface area contributed by atoms with E-state index >= 15 is 0 Å². The highest BCUT2D eigenvalue weighted by molar-refractivity contribution is 5.29. The average molecular weight is 252 g/mol. The second kappa shape index (κ2) is 5.71. The summed E-state index contributed by atoms with van der Waals surface area (Å²) >= 11 is 0. The highest BCUT2D eigenvalue weighted by Gasteiger charge is 2.36. The van der Waals surface area contributed by atoms with E-state index in [9.17, 15) is 0 Å². The van der Waals surface area contributed by atoms with Gasteiger partial charge in [0.1, 0.15) is 0 Å². The summed E-state index contributed by atoms with van der Waals surface area (Å²) in [5.41, 5.74) is 4.04. The molecule has 2 atom stereocenters. The van der Waals surface area contributed by atoms with E-state index in [1.165, 1.54) is 12.8 Å². The first-order valence-corrected chi connectivity index (χ1v) is 6.78. The summed E-state index contributed by atoms with van der Waals surface area (Å²) in [6.45, 7) is 5.30. The maximum atomic E-state index is 5.77. The molecular weight excluding hydrogens is 228 g/mol. The number of nitrogens with zero attached hydrogens (tertiary/aromatic N) is 2. The van der Waals surface area contributed by atoms with Crippen LogP contribution in [-0.2, 0) is 6.54 Å². The van der Waals surface area contributed by atoms with Crippen molar-refractivity contribution in [3.05, 3.63) is 11.9 Å². The number of hydrazine groups is 1. The molecule has 18 heavy (non-hydrogen) atoms. The van der Waals surface area contributed by atoms with Gasteiger partial charge in [-0.25, -0.2) is 0 Å². The second-order valence-electron chi connectivity index (χ2n) is 5.16.